The quantitative estimate of drug-likeness (QED) is 0.877. The van der Waals surface area contributed by atoms with Crippen LogP contribution in [0, 0.1) is 5.41 Å². The number of hydrogen-bond donors (Lipinski definition) is 1. The molecule has 1 fully saturated rings. The van der Waals surface area contributed by atoms with E-state index in [0.29, 0.717) is 12.5 Å². The van der Waals surface area contributed by atoms with Crippen LogP contribution in [0.5, 0.6) is 17.2 Å². The summed E-state index contributed by atoms with van der Waals surface area (Å²) in [4.78, 5) is 17.6. The number of piperidine rings is 1. The van der Waals surface area contributed by atoms with Crippen molar-refractivity contribution in [1.29, 1.82) is 0 Å². The van der Waals surface area contributed by atoms with Crippen LogP contribution in [-0.4, -0.2) is 36.9 Å². The van der Waals surface area contributed by atoms with Crippen molar-refractivity contribution in [2.45, 2.75) is 32.7 Å². The Morgan fingerprint density at radius 2 is 2.11 bits per heavy atom. The van der Waals surface area contributed by atoms with Crippen molar-refractivity contribution in [2.24, 2.45) is 5.41 Å². The van der Waals surface area contributed by atoms with E-state index in [1.807, 2.05) is 6.07 Å². The van der Waals surface area contributed by atoms with E-state index in [0.717, 1.165) is 49.7 Å². The van der Waals surface area contributed by atoms with E-state index in [-0.39, 0.29) is 10.8 Å². The molecule has 1 atom stereocenters. The van der Waals surface area contributed by atoms with Crippen molar-refractivity contribution < 1.29 is 14.2 Å². The lowest BCUT2D eigenvalue weighted by Gasteiger charge is -2.40. The van der Waals surface area contributed by atoms with E-state index in [1.54, 1.807) is 12.3 Å². The van der Waals surface area contributed by atoms with Crippen molar-refractivity contribution in [2.75, 3.05) is 27.0 Å². The summed E-state index contributed by atoms with van der Waals surface area (Å²) in [6, 6.07) is 7.89. The van der Waals surface area contributed by atoms with Crippen LogP contribution in [0.4, 0.5) is 0 Å². The Morgan fingerprint density at radius 3 is 2.93 bits per heavy atom. The highest BCUT2D eigenvalue weighted by Gasteiger charge is 2.31. The lowest BCUT2D eigenvalue weighted by atomic mass is 9.77. The molecule has 0 radical (unpaired) electrons. The fourth-order valence-corrected chi connectivity index (χ4v) is 4.24. The van der Waals surface area contributed by atoms with Crippen LogP contribution in [0.2, 0.25) is 0 Å². The topological polar surface area (TPSA) is 63.8 Å². The third kappa shape index (κ3) is 3.95. The second-order valence-corrected chi connectivity index (χ2v) is 7.88. The third-order valence-electron chi connectivity index (χ3n) is 5.48. The SMILES string of the molecule is COc1c[nH]c(CN2CCCC(C)(Cc3ccc4c(c3)OCO4)C2)cc1=O. The predicted octanol–water partition coefficient (Wildman–Crippen LogP) is 2.96. The predicted molar refractivity (Wildman–Crippen MR) is 103 cm³/mol. The molecule has 1 aromatic heterocycles. The fourth-order valence-electron chi connectivity index (χ4n) is 4.24. The lowest BCUT2D eigenvalue weighted by molar-refractivity contribution is 0.0959. The molecule has 0 bridgehead atoms. The number of methoxy groups -OCH3 is 1. The molecule has 0 saturated carbocycles. The van der Waals surface area contributed by atoms with Gasteiger partial charge in [0.25, 0.3) is 0 Å². The summed E-state index contributed by atoms with van der Waals surface area (Å²) < 4.78 is 16.0. The highest BCUT2D eigenvalue weighted by molar-refractivity contribution is 5.44. The number of nitrogens with zero attached hydrogens (tertiary/aromatic N) is 1. The number of likely N-dealkylation sites (tertiary alicyclic amines) is 1. The zero-order valence-corrected chi connectivity index (χ0v) is 15.9. The van der Waals surface area contributed by atoms with E-state index < -0.39 is 0 Å². The van der Waals surface area contributed by atoms with Gasteiger partial charge in [-0.15, -0.1) is 0 Å². The molecule has 2 aromatic rings. The van der Waals surface area contributed by atoms with Gasteiger partial charge in [0.1, 0.15) is 0 Å². The van der Waals surface area contributed by atoms with Gasteiger partial charge in [-0.1, -0.05) is 13.0 Å². The average Bonchev–Trinajstić information content (AvgIpc) is 3.09. The van der Waals surface area contributed by atoms with Gasteiger partial charge in [0.15, 0.2) is 17.2 Å². The number of rotatable bonds is 5. The Bertz CT molecular complexity index is 879. The van der Waals surface area contributed by atoms with E-state index >= 15 is 0 Å². The zero-order valence-electron chi connectivity index (χ0n) is 15.9. The number of H-pyrrole nitrogens is 1. The fraction of sp³-hybridized carbons (Fsp3) is 0.476. The van der Waals surface area contributed by atoms with Crippen molar-refractivity contribution >= 4 is 0 Å². The molecule has 0 amide bonds. The van der Waals surface area contributed by atoms with E-state index in [1.165, 1.54) is 19.1 Å². The van der Waals surface area contributed by atoms with E-state index in [2.05, 4.69) is 28.9 Å². The highest BCUT2D eigenvalue weighted by Crippen LogP contribution is 2.37. The van der Waals surface area contributed by atoms with Gasteiger partial charge >= 0.3 is 0 Å². The Balaban J connectivity index is 1.43. The first-order valence-corrected chi connectivity index (χ1v) is 9.41. The monoisotopic (exact) mass is 370 g/mol. The lowest BCUT2D eigenvalue weighted by Crippen LogP contribution is -2.42. The molecule has 6 heteroatoms. The van der Waals surface area contributed by atoms with Crippen LogP contribution in [0.15, 0.2) is 35.3 Å². The maximum atomic E-state index is 12.0. The molecule has 27 heavy (non-hydrogen) atoms. The van der Waals surface area contributed by atoms with Crippen molar-refractivity contribution in [3.8, 4) is 17.2 Å². The molecular formula is C21H26N2O4. The maximum absolute atomic E-state index is 12.0. The summed E-state index contributed by atoms with van der Waals surface area (Å²) >= 11 is 0. The molecule has 1 saturated heterocycles. The van der Waals surface area contributed by atoms with Gasteiger partial charge in [0.05, 0.1) is 7.11 Å². The first-order chi connectivity index (χ1) is 13.0. The van der Waals surface area contributed by atoms with Gasteiger partial charge in [0, 0.05) is 31.0 Å². The molecular weight excluding hydrogens is 344 g/mol. The van der Waals surface area contributed by atoms with Gasteiger partial charge < -0.3 is 19.2 Å². The molecule has 2 aliphatic heterocycles. The standard InChI is InChI=1S/C21H26N2O4/c1-21(10-15-4-5-18-19(8-15)27-14-26-18)6-3-7-23(13-21)12-16-9-17(24)20(25-2)11-22-16/h4-5,8-9,11H,3,6-7,10,12-14H2,1-2H3,(H,22,24). The summed E-state index contributed by atoms with van der Waals surface area (Å²) in [5.74, 6) is 2.03. The van der Waals surface area contributed by atoms with Crippen LogP contribution >= 0.6 is 0 Å². The number of ether oxygens (including phenoxy) is 3. The Morgan fingerprint density at radius 1 is 1.26 bits per heavy atom. The first-order valence-electron chi connectivity index (χ1n) is 9.41. The van der Waals surface area contributed by atoms with Gasteiger partial charge in [-0.25, -0.2) is 0 Å². The van der Waals surface area contributed by atoms with Crippen molar-refractivity contribution in [3.63, 3.8) is 0 Å². The minimum absolute atomic E-state index is 0.0774. The van der Waals surface area contributed by atoms with E-state index in [9.17, 15) is 4.79 Å². The molecule has 1 unspecified atom stereocenters. The maximum Gasteiger partial charge on any atom is 0.231 e. The number of pyridine rings is 1. The van der Waals surface area contributed by atoms with Gasteiger partial charge in [0.2, 0.25) is 12.2 Å². The van der Waals surface area contributed by atoms with E-state index in [4.69, 9.17) is 14.2 Å². The number of nitrogens with one attached hydrogen (secondary N) is 1. The van der Waals surface area contributed by atoms with Crippen LogP contribution in [-0.2, 0) is 13.0 Å². The first kappa shape index (κ1) is 17.9. The smallest absolute Gasteiger partial charge is 0.231 e. The van der Waals surface area contributed by atoms with Crippen LogP contribution in [0.1, 0.15) is 31.0 Å². The van der Waals surface area contributed by atoms with Crippen molar-refractivity contribution in [3.05, 3.63) is 51.9 Å². The van der Waals surface area contributed by atoms with Gasteiger partial charge in [-0.3, -0.25) is 9.69 Å². The van der Waals surface area contributed by atoms with Crippen molar-refractivity contribution in [1.82, 2.24) is 9.88 Å². The molecule has 0 aliphatic carbocycles. The molecule has 4 rings (SSSR count). The molecule has 1 aromatic carbocycles. The highest BCUT2D eigenvalue weighted by atomic mass is 16.7. The van der Waals surface area contributed by atoms with Gasteiger partial charge in [-0.05, 0) is 48.9 Å². The summed E-state index contributed by atoms with van der Waals surface area (Å²) in [6.45, 7) is 5.45. The van der Waals surface area contributed by atoms with Gasteiger partial charge in [-0.2, -0.15) is 0 Å². The minimum atomic E-state index is -0.0774. The molecule has 1 N–H and O–H groups in total. The molecule has 2 aliphatic rings. The third-order valence-corrected chi connectivity index (χ3v) is 5.48. The second-order valence-electron chi connectivity index (χ2n) is 7.88. The Labute approximate surface area is 159 Å². The Hall–Kier alpha value is -2.47. The molecule has 0 spiro atoms. The summed E-state index contributed by atoms with van der Waals surface area (Å²) in [5, 5.41) is 0. The number of hydrogen-bond acceptors (Lipinski definition) is 5. The number of fused-ring (bicyclic) bond motifs is 1. The number of aromatic nitrogens is 1. The molecule has 144 valence electrons. The second kappa shape index (κ2) is 7.27. The zero-order chi connectivity index (χ0) is 18.9. The average molecular weight is 370 g/mol. The summed E-state index contributed by atoms with van der Waals surface area (Å²) in [5.41, 5.74) is 2.32. The molecule has 3 heterocycles. The Kier molecular flexibility index (Phi) is 4.83. The number of aromatic amines is 1. The number of benzene rings is 1. The van der Waals surface area contributed by atoms with Crippen LogP contribution in [0.3, 0.4) is 0 Å². The minimum Gasteiger partial charge on any atom is -0.491 e. The largest absolute Gasteiger partial charge is 0.491 e. The molecule has 6 nitrogen and oxygen atoms in total. The van der Waals surface area contributed by atoms with Crippen LogP contribution < -0.4 is 19.6 Å². The normalized spacial score (nSPS) is 22.0. The summed E-state index contributed by atoms with van der Waals surface area (Å²) in [7, 11) is 1.51. The summed E-state index contributed by atoms with van der Waals surface area (Å²) in [6.07, 6.45) is 4.99. The van der Waals surface area contributed by atoms with Crippen LogP contribution in [0.25, 0.3) is 0 Å².